The Balaban J connectivity index is 2.23. The topological polar surface area (TPSA) is 35.0 Å². The van der Waals surface area contributed by atoms with Crippen LogP contribution in [0.2, 0.25) is 20.1 Å². The van der Waals surface area contributed by atoms with Crippen LogP contribution in [-0.2, 0) is 6.18 Å². The lowest BCUT2D eigenvalue weighted by Gasteiger charge is -2.14. The second kappa shape index (κ2) is 6.68. The lowest BCUT2D eigenvalue weighted by molar-refractivity contribution is -0.142. The van der Waals surface area contributed by atoms with Crippen molar-refractivity contribution in [3.05, 3.63) is 56.1 Å². The molecule has 0 aliphatic heterocycles. The summed E-state index contributed by atoms with van der Waals surface area (Å²) < 4.78 is 45.3. The van der Waals surface area contributed by atoms with Gasteiger partial charge in [-0.1, -0.05) is 52.5 Å². The van der Waals surface area contributed by atoms with Crippen molar-refractivity contribution in [1.29, 1.82) is 0 Å². The van der Waals surface area contributed by atoms with Crippen molar-refractivity contribution in [2.75, 3.05) is 0 Å². The molecule has 0 atom stereocenters. The molecule has 3 rings (SSSR count). The zero-order valence-corrected chi connectivity index (χ0v) is 14.9. The lowest BCUT2D eigenvalue weighted by Crippen LogP contribution is -2.12. The van der Waals surface area contributed by atoms with Gasteiger partial charge in [-0.3, -0.25) is 0 Å². The number of fused-ring (bicyclic) bond motifs is 1. The number of ether oxygens (including phenoxy) is 1. The molecule has 10 heteroatoms. The number of halogens is 7. The maximum absolute atomic E-state index is 13.4. The molecule has 0 radical (unpaired) electrons. The molecule has 130 valence electrons. The first-order valence-corrected chi connectivity index (χ1v) is 8.04. The van der Waals surface area contributed by atoms with E-state index in [1.165, 1.54) is 30.3 Å². The monoisotopic (exact) mass is 426 g/mol. The van der Waals surface area contributed by atoms with Gasteiger partial charge >= 0.3 is 6.18 Å². The van der Waals surface area contributed by atoms with Crippen LogP contribution in [-0.4, -0.2) is 9.97 Å². The van der Waals surface area contributed by atoms with Crippen molar-refractivity contribution in [2.24, 2.45) is 0 Å². The van der Waals surface area contributed by atoms with Gasteiger partial charge in [-0.15, -0.1) is 0 Å². The highest BCUT2D eigenvalue weighted by molar-refractivity contribution is 6.42. The van der Waals surface area contributed by atoms with Crippen molar-refractivity contribution in [3.8, 4) is 11.6 Å². The SMILES string of the molecule is FC(F)(F)c1nc2cc(Cl)c(Cl)cc2nc1Oc1c(Cl)cccc1Cl. The van der Waals surface area contributed by atoms with Gasteiger partial charge in [0.05, 0.1) is 31.1 Å². The Morgan fingerprint density at radius 2 is 1.32 bits per heavy atom. The van der Waals surface area contributed by atoms with Crippen LogP contribution in [0.1, 0.15) is 5.69 Å². The van der Waals surface area contributed by atoms with Crippen LogP contribution in [0.5, 0.6) is 11.6 Å². The van der Waals surface area contributed by atoms with Gasteiger partial charge in [-0.25, -0.2) is 9.97 Å². The first-order valence-electron chi connectivity index (χ1n) is 6.52. The van der Waals surface area contributed by atoms with Crippen LogP contribution in [0.4, 0.5) is 13.2 Å². The quantitative estimate of drug-likeness (QED) is 0.439. The Hall–Kier alpha value is -1.47. The predicted molar refractivity (Wildman–Crippen MR) is 91.1 cm³/mol. The molecule has 1 aromatic heterocycles. The van der Waals surface area contributed by atoms with E-state index in [9.17, 15) is 13.2 Å². The van der Waals surface area contributed by atoms with E-state index < -0.39 is 17.8 Å². The maximum atomic E-state index is 13.4. The van der Waals surface area contributed by atoms with Crippen LogP contribution in [0, 0.1) is 0 Å². The molecule has 0 fully saturated rings. The van der Waals surface area contributed by atoms with Gasteiger partial charge in [0, 0.05) is 0 Å². The fraction of sp³-hybridized carbons (Fsp3) is 0.0667. The van der Waals surface area contributed by atoms with Gasteiger partial charge in [0.25, 0.3) is 5.88 Å². The molecule has 0 saturated carbocycles. The zero-order valence-electron chi connectivity index (χ0n) is 11.8. The van der Waals surface area contributed by atoms with Gasteiger partial charge in [-0.05, 0) is 24.3 Å². The number of benzene rings is 2. The van der Waals surface area contributed by atoms with Crippen molar-refractivity contribution in [3.63, 3.8) is 0 Å². The molecular weight excluding hydrogens is 423 g/mol. The Morgan fingerprint density at radius 3 is 1.84 bits per heavy atom. The normalized spacial score (nSPS) is 11.8. The maximum Gasteiger partial charge on any atom is 0.438 e. The van der Waals surface area contributed by atoms with Gasteiger partial charge in [0.15, 0.2) is 5.75 Å². The van der Waals surface area contributed by atoms with Crippen molar-refractivity contribution >= 4 is 57.4 Å². The molecular formula is C15H5Cl4F3N2O. The smallest absolute Gasteiger partial charge is 0.434 e. The van der Waals surface area contributed by atoms with E-state index in [1.807, 2.05) is 0 Å². The molecule has 2 aromatic carbocycles. The second-order valence-corrected chi connectivity index (χ2v) is 6.41. The minimum atomic E-state index is -4.82. The van der Waals surface area contributed by atoms with Crippen LogP contribution < -0.4 is 4.74 Å². The second-order valence-electron chi connectivity index (χ2n) is 4.78. The van der Waals surface area contributed by atoms with E-state index in [2.05, 4.69) is 9.97 Å². The first kappa shape index (κ1) is 18.3. The van der Waals surface area contributed by atoms with Crippen LogP contribution in [0.3, 0.4) is 0 Å². The average Bonchev–Trinajstić information content (AvgIpc) is 2.51. The van der Waals surface area contributed by atoms with Crippen molar-refractivity contribution in [1.82, 2.24) is 9.97 Å². The summed E-state index contributed by atoms with van der Waals surface area (Å²) in [5.74, 6) is -0.960. The van der Waals surface area contributed by atoms with Crippen LogP contribution in [0.25, 0.3) is 11.0 Å². The predicted octanol–water partition coefficient (Wildman–Crippen LogP) is 7.05. The molecule has 0 bridgehead atoms. The molecule has 0 aliphatic rings. The number of nitrogens with zero attached hydrogens (tertiary/aromatic N) is 2. The summed E-state index contributed by atoms with van der Waals surface area (Å²) in [5, 5.41) is 0.220. The van der Waals surface area contributed by atoms with Gasteiger partial charge in [0.1, 0.15) is 0 Å². The Labute approximate surface area is 159 Å². The molecule has 0 amide bonds. The molecule has 0 unspecified atom stereocenters. The highest BCUT2D eigenvalue weighted by Crippen LogP contribution is 2.41. The summed E-state index contributed by atoms with van der Waals surface area (Å²) in [4.78, 5) is 7.42. The molecule has 0 N–H and O–H groups in total. The minimum absolute atomic E-state index is 0.0247. The molecule has 25 heavy (non-hydrogen) atoms. The molecule has 0 saturated heterocycles. The Kier molecular flexibility index (Phi) is 4.90. The standard InChI is InChI=1S/C15H5Cl4F3N2O/c16-6-2-1-3-7(17)12(6)25-14-13(15(20,21)22)23-10-4-8(18)9(19)5-11(10)24-14/h1-5H. The molecule has 3 nitrogen and oxygen atoms in total. The first-order chi connectivity index (χ1) is 11.7. The van der Waals surface area contributed by atoms with Gasteiger partial charge in [0.2, 0.25) is 5.69 Å². The lowest BCUT2D eigenvalue weighted by atomic mass is 10.2. The van der Waals surface area contributed by atoms with E-state index in [1.54, 1.807) is 0 Å². The highest BCUT2D eigenvalue weighted by Gasteiger charge is 2.38. The fourth-order valence-electron chi connectivity index (χ4n) is 1.97. The number of alkyl halides is 3. The Bertz CT molecular complexity index is 959. The van der Waals surface area contributed by atoms with Gasteiger partial charge < -0.3 is 4.74 Å². The summed E-state index contributed by atoms with van der Waals surface area (Å²) in [7, 11) is 0. The third-order valence-corrected chi connectivity index (χ3v) is 4.38. The van der Waals surface area contributed by atoms with Crippen LogP contribution in [0.15, 0.2) is 30.3 Å². The molecule has 0 spiro atoms. The molecule has 3 aromatic rings. The molecule has 1 heterocycles. The number of para-hydroxylation sites is 1. The number of aromatic nitrogens is 2. The van der Waals surface area contributed by atoms with Crippen LogP contribution >= 0.6 is 46.4 Å². The average molecular weight is 428 g/mol. The van der Waals surface area contributed by atoms with Crippen molar-refractivity contribution in [2.45, 2.75) is 6.18 Å². The summed E-state index contributed by atoms with van der Waals surface area (Å²) in [6.07, 6.45) is -4.82. The summed E-state index contributed by atoms with van der Waals surface area (Å²) in [5.41, 5.74) is -1.35. The number of rotatable bonds is 2. The van der Waals surface area contributed by atoms with E-state index in [-0.39, 0.29) is 36.9 Å². The Morgan fingerprint density at radius 1 is 0.800 bits per heavy atom. The number of hydrogen-bond acceptors (Lipinski definition) is 3. The van der Waals surface area contributed by atoms with E-state index in [0.29, 0.717) is 0 Å². The number of hydrogen-bond donors (Lipinski definition) is 0. The third kappa shape index (κ3) is 3.72. The van der Waals surface area contributed by atoms with Gasteiger partial charge in [-0.2, -0.15) is 13.2 Å². The minimum Gasteiger partial charge on any atom is -0.434 e. The third-order valence-electron chi connectivity index (χ3n) is 3.06. The zero-order chi connectivity index (χ0) is 18.4. The summed E-state index contributed by atoms with van der Waals surface area (Å²) in [6.45, 7) is 0. The van der Waals surface area contributed by atoms with E-state index in [4.69, 9.17) is 51.1 Å². The summed E-state index contributed by atoms with van der Waals surface area (Å²) >= 11 is 23.6. The molecule has 0 aliphatic carbocycles. The largest absolute Gasteiger partial charge is 0.438 e. The van der Waals surface area contributed by atoms with E-state index >= 15 is 0 Å². The van der Waals surface area contributed by atoms with E-state index in [0.717, 1.165) is 0 Å². The van der Waals surface area contributed by atoms with Crippen molar-refractivity contribution < 1.29 is 17.9 Å². The highest BCUT2D eigenvalue weighted by atomic mass is 35.5. The fourth-order valence-corrected chi connectivity index (χ4v) is 2.76. The summed E-state index contributed by atoms with van der Waals surface area (Å²) in [6, 6.07) is 6.83.